The highest BCUT2D eigenvalue weighted by atomic mass is 19.1. The Hall–Kier alpha value is -1.93. The van der Waals surface area contributed by atoms with Crippen LogP contribution in [0.1, 0.15) is 31.9 Å². The van der Waals surface area contributed by atoms with Crippen LogP contribution in [0.5, 0.6) is 0 Å². The number of hydrogen-bond acceptors (Lipinski definition) is 3. The third kappa shape index (κ3) is 5.37. The molecule has 1 N–H and O–H groups in total. The van der Waals surface area contributed by atoms with Crippen LogP contribution in [0.15, 0.2) is 18.2 Å². The van der Waals surface area contributed by atoms with E-state index in [4.69, 9.17) is 5.26 Å². The Bertz CT molecular complexity index is 529. The standard InChI is InChI=1S/C15H20FN3O/c1-15(2,3)18-14(20)10-19(4)9-12-6-5-11(8-17)7-13(12)16/h5-7H,9-10H2,1-4H3,(H,18,20). The maximum atomic E-state index is 13.7. The van der Waals surface area contributed by atoms with Gasteiger partial charge in [0, 0.05) is 17.6 Å². The van der Waals surface area contributed by atoms with E-state index in [9.17, 15) is 9.18 Å². The number of halogens is 1. The zero-order chi connectivity index (χ0) is 15.3. The quantitative estimate of drug-likeness (QED) is 0.916. The number of benzene rings is 1. The number of amides is 1. The molecule has 4 nitrogen and oxygen atoms in total. The van der Waals surface area contributed by atoms with Gasteiger partial charge in [-0.3, -0.25) is 9.69 Å². The van der Waals surface area contributed by atoms with E-state index in [0.717, 1.165) is 0 Å². The number of hydrogen-bond donors (Lipinski definition) is 1. The van der Waals surface area contributed by atoms with E-state index in [1.807, 2.05) is 26.8 Å². The normalized spacial score (nSPS) is 11.2. The Labute approximate surface area is 119 Å². The van der Waals surface area contributed by atoms with Gasteiger partial charge in [0.25, 0.3) is 0 Å². The van der Waals surface area contributed by atoms with Crippen molar-refractivity contribution in [2.45, 2.75) is 32.9 Å². The van der Waals surface area contributed by atoms with Gasteiger partial charge in [0.1, 0.15) is 5.82 Å². The van der Waals surface area contributed by atoms with Gasteiger partial charge in [0.2, 0.25) is 5.91 Å². The molecule has 0 bridgehead atoms. The highest BCUT2D eigenvalue weighted by Crippen LogP contribution is 2.12. The third-order valence-electron chi connectivity index (χ3n) is 2.55. The molecule has 0 spiro atoms. The molecule has 0 saturated heterocycles. The molecule has 0 unspecified atom stereocenters. The van der Waals surface area contributed by atoms with Crippen molar-refractivity contribution in [1.82, 2.24) is 10.2 Å². The summed E-state index contributed by atoms with van der Waals surface area (Å²) in [6.45, 7) is 6.23. The molecule has 0 atom stereocenters. The minimum absolute atomic E-state index is 0.103. The molecule has 0 aromatic heterocycles. The van der Waals surface area contributed by atoms with E-state index in [-0.39, 0.29) is 18.0 Å². The van der Waals surface area contributed by atoms with Crippen LogP contribution in [0.3, 0.4) is 0 Å². The summed E-state index contributed by atoms with van der Waals surface area (Å²) in [4.78, 5) is 13.5. The Balaban J connectivity index is 2.61. The minimum Gasteiger partial charge on any atom is -0.350 e. The van der Waals surface area contributed by atoms with Crippen LogP contribution < -0.4 is 5.32 Å². The van der Waals surface area contributed by atoms with Gasteiger partial charge in [-0.15, -0.1) is 0 Å². The first-order chi connectivity index (χ1) is 9.21. The van der Waals surface area contributed by atoms with Crippen molar-refractivity contribution in [3.05, 3.63) is 35.1 Å². The molecule has 1 aromatic rings. The highest BCUT2D eigenvalue weighted by Gasteiger charge is 2.15. The maximum Gasteiger partial charge on any atom is 0.234 e. The molecule has 5 heteroatoms. The van der Waals surface area contributed by atoms with Gasteiger partial charge in [-0.25, -0.2) is 4.39 Å². The average molecular weight is 277 g/mol. The van der Waals surface area contributed by atoms with Gasteiger partial charge in [-0.2, -0.15) is 5.26 Å². The van der Waals surface area contributed by atoms with Crippen LogP contribution in [0.4, 0.5) is 4.39 Å². The number of rotatable bonds is 4. The van der Waals surface area contributed by atoms with Gasteiger partial charge in [-0.05, 0) is 40.0 Å². The first-order valence-corrected chi connectivity index (χ1v) is 6.39. The second-order valence-electron chi connectivity index (χ2n) is 5.89. The fourth-order valence-corrected chi connectivity index (χ4v) is 1.79. The summed E-state index contributed by atoms with van der Waals surface area (Å²) in [5, 5.41) is 11.5. The lowest BCUT2D eigenvalue weighted by Gasteiger charge is -2.23. The molecule has 0 fully saturated rings. The number of nitrogens with one attached hydrogen (secondary N) is 1. The van der Waals surface area contributed by atoms with Crippen molar-refractivity contribution in [3.63, 3.8) is 0 Å². The first kappa shape index (κ1) is 16.1. The Morgan fingerprint density at radius 3 is 2.60 bits per heavy atom. The smallest absolute Gasteiger partial charge is 0.234 e. The lowest BCUT2D eigenvalue weighted by Crippen LogP contribution is -2.45. The van der Waals surface area contributed by atoms with E-state index in [1.165, 1.54) is 6.07 Å². The first-order valence-electron chi connectivity index (χ1n) is 6.39. The summed E-state index contributed by atoms with van der Waals surface area (Å²) in [6, 6.07) is 6.24. The molecule has 0 heterocycles. The van der Waals surface area contributed by atoms with Crippen LogP contribution in [-0.4, -0.2) is 29.9 Å². The van der Waals surface area contributed by atoms with Crippen molar-refractivity contribution < 1.29 is 9.18 Å². The SMILES string of the molecule is CN(CC(=O)NC(C)(C)C)Cc1ccc(C#N)cc1F. The molecule has 0 radical (unpaired) electrons. The number of carbonyl (C=O) groups is 1. The zero-order valence-corrected chi connectivity index (χ0v) is 12.3. The molecule has 1 amide bonds. The average Bonchev–Trinajstić information content (AvgIpc) is 2.28. The summed E-state index contributed by atoms with van der Waals surface area (Å²) in [5.74, 6) is -0.527. The minimum atomic E-state index is -0.424. The molecule has 108 valence electrons. The van der Waals surface area contributed by atoms with Crippen LogP contribution in [-0.2, 0) is 11.3 Å². The monoisotopic (exact) mass is 277 g/mol. The Kier molecular flexibility index (Phi) is 5.23. The molecule has 1 aromatic carbocycles. The third-order valence-corrected chi connectivity index (χ3v) is 2.55. The number of nitrogens with zero attached hydrogens (tertiary/aromatic N) is 2. The predicted octanol–water partition coefficient (Wildman–Crippen LogP) is 2.04. The van der Waals surface area contributed by atoms with Gasteiger partial charge in [-0.1, -0.05) is 6.07 Å². The molecule has 0 aliphatic carbocycles. The summed E-state index contributed by atoms with van der Waals surface area (Å²) < 4.78 is 13.7. The van der Waals surface area contributed by atoms with E-state index in [1.54, 1.807) is 24.1 Å². The molecule has 0 saturated carbocycles. The second-order valence-corrected chi connectivity index (χ2v) is 5.89. The lowest BCUT2D eigenvalue weighted by atomic mass is 10.1. The lowest BCUT2D eigenvalue weighted by molar-refractivity contribution is -0.123. The van der Waals surface area contributed by atoms with Gasteiger partial charge in [0.05, 0.1) is 18.2 Å². The number of likely N-dealkylation sites (N-methyl/N-ethyl adjacent to an activating group) is 1. The topological polar surface area (TPSA) is 56.1 Å². The van der Waals surface area contributed by atoms with E-state index < -0.39 is 5.82 Å². The molecule has 0 aliphatic heterocycles. The molecule has 1 rings (SSSR count). The van der Waals surface area contributed by atoms with E-state index in [0.29, 0.717) is 17.7 Å². The summed E-state index contributed by atoms with van der Waals surface area (Å²) in [7, 11) is 1.75. The van der Waals surface area contributed by atoms with Crippen molar-refractivity contribution in [2.75, 3.05) is 13.6 Å². The Morgan fingerprint density at radius 2 is 2.10 bits per heavy atom. The Morgan fingerprint density at radius 1 is 1.45 bits per heavy atom. The second kappa shape index (κ2) is 6.49. The van der Waals surface area contributed by atoms with Crippen LogP contribution in [0, 0.1) is 17.1 Å². The van der Waals surface area contributed by atoms with Gasteiger partial charge >= 0.3 is 0 Å². The van der Waals surface area contributed by atoms with Crippen molar-refractivity contribution in [1.29, 1.82) is 5.26 Å². The van der Waals surface area contributed by atoms with Crippen LogP contribution in [0.2, 0.25) is 0 Å². The van der Waals surface area contributed by atoms with Crippen LogP contribution in [0.25, 0.3) is 0 Å². The van der Waals surface area contributed by atoms with E-state index >= 15 is 0 Å². The summed E-state index contributed by atoms with van der Waals surface area (Å²) in [5.41, 5.74) is 0.479. The fraction of sp³-hybridized carbons (Fsp3) is 0.467. The molecule has 20 heavy (non-hydrogen) atoms. The van der Waals surface area contributed by atoms with Crippen LogP contribution >= 0.6 is 0 Å². The van der Waals surface area contributed by atoms with Crippen molar-refractivity contribution in [2.24, 2.45) is 0 Å². The zero-order valence-electron chi connectivity index (χ0n) is 12.3. The number of nitriles is 1. The van der Waals surface area contributed by atoms with Gasteiger partial charge < -0.3 is 5.32 Å². The van der Waals surface area contributed by atoms with Crippen molar-refractivity contribution in [3.8, 4) is 6.07 Å². The highest BCUT2D eigenvalue weighted by molar-refractivity contribution is 5.78. The van der Waals surface area contributed by atoms with E-state index in [2.05, 4.69) is 5.32 Å². The molecular formula is C15H20FN3O. The molecule has 0 aliphatic rings. The fourth-order valence-electron chi connectivity index (χ4n) is 1.79. The van der Waals surface area contributed by atoms with Gasteiger partial charge in [0.15, 0.2) is 0 Å². The molecular weight excluding hydrogens is 257 g/mol. The number of carbonyl (C=O) groups excluding carboxylic acids is 1. The summed E-state index contributed by atoms with van der Waals surface area (Å²) >= 11 is 0. The largest absolute Gasteiger partial charge is 0.350 e. The summed E-state index contributed by atoms with van der Waals surface area (Å²) in [6.07, 6.45) is 0. The van der Waals surface area contributed by atoms with Crippen molar-refractivity contribution >= 4 is 5.91 Å². The predicted molar refractivity (Wildman–Crippen MR) is 75.3 cm³/mol. The maximum absolute atomic E-state index is 13.7.